The van der Waals surface area contributed by atoms with Gasteiger partial charge >= 0.3 is 59.0 Å². The maximum Gasteiger partial charge on any atom is 1.00 e. The molecule has 0 radical (unpaired) electrons. The molecule has 0 aliphatic heterocycles. The zero-order chi connectivity index (χ0) is 9.28. The van der Waals surface area contributed by atoms with E-state index in [2.05, 4.69) is 4.67 Å². The fourth-order valence-corrected chi connectivity index (χ4v) is 1.99. The van der Waals surface area contributed by atoms with Gasteiger partial charge in [0.1, 0.15) is 13.0 Å². The van der Waals surface area contributed by atoms with Gasteiger partial charge in [-0.05, 0) is 6.92 Å². The van der Waals surface area contributed by atoms with E-state index >= 15 is 0 Å². The van der Waals surface area contributed by atoms with Crippen molar-refractivity contribution in [2.45, 2.75) is 12.3 Å². The molecule has 68 valence electrons. The summed E-state index contributed by atoms with van der Waals surface area (Å²) < 4.78 is 23.7. The Labute approximate surface area is 111 Å². The summed E-state index contributed by atoms with van der Waals surface area (Å²) in [5.74, 6) is 0. The van der Waals surface area contributed by atoms with E-state index in [1.807, 2.05) is 0 Å². The normalized spacial score (nSPS) is 23.1. The van der Waals surface area contributed by atoms with Gasteiger partial charge in [-0.25, -0.2) is 5.26 Å². The molecule has 3 N–H and O–H groups in total. The first-order valence-electron chi connectivity index (χ1n) is 2.41. The molecule has 0 bridgehead atoms. The molecule has 0 amide bonds. The van der Waals surface area contributed by atoms with Gasteiger partial charge in [0, 0.05) is 0 Å². The second kappa shape index (κ2) is 5.70. The minimum atomic E-state index is -4.94. The quantitative estimate of drug-likeness (QED) is 0.204. The second-order valence-electron chi connectivity index (χ2n) is 1.84. The van der Waals surface area contributed by atoms with Crippen molar-refractivity contribution >= 4 is 15.2 Å². The molecule has 0 rings (SSSR count). The average molecular weight is 244 g/mol. The number of rotatable bonds is 3. The Morgan fingerprint density at radius 2 is 1.75 bits per heavy atom. The Balaban J connectivity index is 0. The molecule has 7 nitrogen and oxygen atoms in total. The summed E-state index contributed by atoms with van der Waals surface area (Å²) in [5.41, 5.74) is 0. The van der Waals surface area contributed by atoms with Crippen LogP contribution in [0.2, 0.25) is 0 Å². The zero-order valence-corrected chi connectivity index (χ0v) is 11.4. The van der Waals surface area contributed by atoms with E-state index in [4.69, 9.17) is 15.0 Å². The predicted octanol–water partition coefficient (Wildman–Crippen LogP) is -3.44. The molecule has 0 saturated heterocycles. The fraction of sp³-hybridized carbons (Fsp3) is 1.00. The van der Waals surface area contributed by atoms with Crippen LogP contribution in [0.25, 0.3) is 0 Å². The van der Waals surface area contributed by atoms with Crippen molar-refractivity contribution in [2.24, 2.45) is 0 Å². The third-order valence-electron chi connectivity index (χ3n) is 1.06. The Kier molecular flexibility index (Phi) is 7.76. The summed E-state index contributed by atoms with van der Waals surface area (Å²) in [7, 11) is -9.60. The molecule has 3 unspecified atom stereocenters. The molecule has 0 spiro atoms. The van der Waals surface area contributed by atoms with Crippen LogP contribution in [-0.2, 0) is 13.8 Å². The number of hydrogen-bond donors (Lipinski definition) is 3. The van der Waals surface area contributed by atoms with Gasteiger partial charge in [-0.15, -0.1) is 0 Å². The maximum absolute atomic E-state index is 10.5. The average Bonchev–Trinajstić information content (AvgIpc) is 1.84. The smallest absolute Gasteiger partial charge is 0.778 e. The van der Waals surface area contributed by atoms with Gasteiger partial charge in [0.25, 0.3) is 0 Å². The SMILES string of the molecule is CC(P(=O)([O-])O)P(=O)(O)OO.[K+]. The van der Waals surface area contributed by atoms with Crippen LogP contribution >= 0.6 is 15.2 Å². The van der Waals surface area contributed by atoms with Gasteiger partial charge in [-0.3, -0.25) is 4.57 Å². The molecular weight excluding hydrogens is 237 g/mol. The fourth-order valence-electron chi connectivity index (χ4n) is 0.253. The standard InChI is InChI=1S/C2H8O7P2.K/c1-2(10(4,5)6)11(7,8)9-3;/h2-3H,1H3,(H,7,8)(H2,4,5,6);/q;+1/p-1. The van der Waals surface area contributed by atoms with Gasteiger partial charge in [-0.2, -0.15) is 4.67 Å². The van der Waals surface area contributed by atoms with E-state index in [0.29, 0.717) is 0 Å². The Morgan fingerprint density at radius 1 is 1.42 bits per heavy atom. The van der Waals surface area contributed by atoms with Crippen molar-refractivity contribution in [3.8, 4) is 0 Å². The number of hydrogen-bond acceptors (Lipinski definition) is 5. The van der Waals surface area contributed by atoms with Crippen LogP contribution < -0.4 is 56.3 Å². The Hall–Kier alpha value is 1.90. The molecule has 10 heteroatoms. The topological polar surface area (TPSA) is 127 Å². The van der Waals surface area contributed by atoms with Gasteiger partial charge < -0.3 is 19.2 Å². The minimum Gasteiger partial charge on any atom is -0.778 e. The van der Waals surface area contributed by atoms with Crippen LogP contribution in [0, 0.1) is 0 Å². The Morgan fingerprint density at radius 3 is 1.83 bits per heavy atom. The van der Waals surface area contributed by atoms with Crippen LogP contribution in [0.15, 0.2) is 0 Å². The molecule has 0 aliphatic carbocycles. The molecule has 0 aliphatic rings. The summed E-state index contributed by atoms with van der Waals surface area (Å²) in [6, 6.07) is 0. The van der Waals surface area contributed by atoms with E-state index in [1.54, 1.807) is 0 Å². The summed E-state index contributed by atoms with van der Waals surface area (Å²) in [4.78, 5) is 26.9. The summed E-state index contributed by atoms with van der Waals surface area (Å²) in [6.07, 6.45) is 0. The monoisotopic (exact) mass is 244 g/mol. The summed E-state index contributed by atoms with van der Waals surface area (Å²) in [5, 5.41) is 5.72. The molecule has 0 aromatic heterocycles. The molecule has 0 fully saturated rings. The van der Waals surface area contributed by atoms with Gasteiger partial charge in [0.15, 0.2) is 0 Å². The third kappa shape index (κ3) is 4.95. The summed E-state index contributed by atoms with van der Waals surface area (Å²) in [6.45, 7) is 0.741. The van der Waals surface area contributed by atoms with Crippen molar-refractivity contribution in [1.82, 2.24) is 0 Å². The van der Waals surface area contributed by atoms with Gasteiger partial charge in [0.05, 0.1) is 0 Å². The predicted molar refractivity (Wildman–Crippen MR) is 32.8 cm³/mol. The van der Waals surface area contributed by atoms with Crippen molar-refractivity contribution in [1.29, 1.82) is 0 Å². The van der Waals surface area contributed by atoms with Crippen molar-refractivity contribution in [2.75, 3.05) is 0 Å². The first-order chi connectivity index (χ1) is 4.72. The third-order valence-corrected chi connectivity index (χ3v) is 4.94. The maximum atomic E-state index is 10.5. The van der Waals surface area contributed by atoms with E-state index in [0.717, 1.165) is 6.92 Å². The Bertz CT molecular complexity index is 221. The molecular formula is C2H7KO7P2. The van der Waals surface area contributed by atoms with Crippen LogP contribution in [0.1, 0.15) is 6.92 Å². The van der Waals surface area contributed by atoms with Crippen molar-refractivity contribution in [3.05, 3.63) is 0 Å². The second-order valence-corrected chi connectivity index (χ2v) is 6.22. The van der Waals surface area contributed by atoms with Gasteiger partial charge in [0.2, 0.25) is 0 Å². The molecule has 3 atom stereocenters. The molecule has 0 heterocycles. The molecule has 0 saturated carbocycles. The van der Waals surface area contributed by atoms with E-state index in [-0.39, 0.29) is 51.4 Å². The molecule has 0 aromatic carbocycles. The van der Waals surface area contributed by atoms with Crippen LogP contribution in [-0.4, -0.2) is 20.4 Å². The zero-order valence-electron chi connectivity index (χ0n) is 6.45. The van der Waals surface area contributed by atoms with Crippen molar-refractivity contribution < 1.29 is 85.1 Å². The van der Waals surface area contributed by atoms with Crippen LogP contribution in [0.3, 0.4) is 0 Å². The van der Waals surface area contributed by atoms with E-state index in [1.165, 1.54) is 0 Å². The summed E-state index contributed by atoms with van der Waals surface area (Å²) >= 11 is 0. The molecule has 12 heavy (non-hydrogen) atoms. The van der Waals surface area contributed by atoms with Crippen LogP contribution in [0.5, 0.6) is 0 Å². The van der Waals surface area contributed by atoms with E-state index < -0.39 is 20.6 Å². The first-order valence-corrected chi connectivity index (χ1v) is 5.70. The van der Waals surface area contributed by atoms with Crippen molar-refractivity contribution in [3.63, 3.8) is 0 Å². The first kappa shape index (κ1) is 16.3. The largest absolute Gasteiger partial charge is 1.00 e. The van der Waals surface area contributed by atoms with E-state index in [9.17, 15) is 14.0 Å². The minimum absolute atomic E-state index is 0. The van der Waals surface area contributed by atoms with Gasteiger partial charge in [-0.1, -0.05) is 0 Å². The van der Waals surface area contributed by atoms with Crippen LogP contribution in [0.4, 0.5) is 0 Å². The molecule has 0 aromatic rings.